The summed E-state index contributed by atoms with van der Waals surface area (Å²) < 4.78 is 1.30. The molecule has 0 aliphatic rings. The minimum atomic E-state index is -0.345. The molecule has 2 rings (SSSR count). The summed E-state index contributed by atoms with van der Waals surface area (Å²) in [5.41, 5.74) is 6.33. The summed E-state index contributed by atoms with van der Waals surface area (Å²) >= 11 is 5.82. The number of hydrogen-bond acceptors (Lipinski definition) is 3. The summed E-state index contributed by atoms with van der Waals surface area (Å²) in [7, 11) is 0. The third-order valence-electron chi connectivity index (χ3n) is 2.50. The van der Waals surface area contributed by atoms with Crippen LogP contribution in [0, 0.1) is 0 Å². The Morgan fingerprint density at radius 2 is 2.11 bits per heavy atom. The first kappa shape index (κ1) is 13.2. The number of carbonyl (C=O) groups excluding carboxylic acids is 1. The Morgan fingerprint density at radius 3 is 2.84 bits per heavy atom. The Morgan fingerprint density at radius 1 is 1.32 bits per heavy atom. The van der Waals surface area contributed by atoms with Gasteiger partial charge in [-0.1, -0.05) is 17.7 Å². The fourth-order valence-electron chi connectivity index (χ4n) is 1.57. The van der Waals surface area contributed by atoms with Gasteiger partial charge >= 0.3 is 0 Å². The molecule has 5 nitrogen and oxygen atoms in total. The molecular weight excluding hydrogens is 266 g/mol. The van der Waals surface area contributed by atoms with Crippen LogP contribution < -0.4 is 16.6 Å². The lowest BCUT2D eigenvalue weighted by molar-refractivity contribution is -0.116. The van der Waals surface area contributed by atoms with Crippen LogP contribution in [-0.4, -0.2) is 10.5 Å². The predicted molar refractivity (Wildman–Crippen MR) is 75.2 cm³/mol. The zero-order valence-electron chi connectivity index (χ0n) is 9.97. The summed E-state index contributed by atoms with van der Waals surface area (Å²) in [5, 5.41) is 3.09. The van der Waals surface area contributed by atoms with Gasteiger partial charge in [0.15, 0.2) is 0 Å². The van der Waals surface area contributed by atoms with Gasteiger partial charge in [0.2, 0.25) is 5.91 Å². The lowest BCUT2D eigenvalue weighted by atomic mass is 10.2. The predicted octanol–water partition coefficient (Wildman–Crippen LogP) is 1.72. The number of nitrogens with zero attached hydrogens (tertiary/aromatic N) is 1. The first-order chi connectivity index (χ1) is 9.06. The van der Waals surface area contributed by atoms with Gasteiger partial charge in [0.05, 0.1) is 11.4 Å². The molecular formula is C13H12ClN3O2. The fourth-order valence-corrected chi connectivity index (χ4v) is 1.74. The number of nitrogens with two attached hydrogens (primary N) is 1. The minimum Gasteiger partial charge on any atom is -0.397 e. The number of benzene rings is 1. The molecule has 1 amide bonds. The van der Waals surface area contributed by atoms with Gasteiger partial charge in [0, 0.05) is 17.3 Å². The number of pyridine rings is 1. The van der Waals surface area contributed by atoms with Gasteiger partial charge in [-0.2, -0.15) is 0 Å². The molecule has 0 spiro atoms. The number of halogens is 1. The first-order valence-corrected chi connectivity index (χ1v) is 5.94. The van der Waals surface area contributed by atoms with Gasteiger partial charge in [0.1, 0.15) is 6.54 Å². The second-order valence-corrected chi connectivity index (χ2v) is 4.38. The van der Waals surface area contributed by atoms with Crippen LogP contribution in [0.3, 0.4) is 0 Å². The van der Waals surface area contributed by atoms with E-state index in [1.54, 1.807) is 36.5 Å². The Bertz CT molecular complexity index is 667. The molecule has 1 aromatic carbocycles. The van der Waals surface area contributed by atoms with Crippen molar-refractivity contribution < 1.29 is 4.79 Å². The minimum absolute atomic E-state index is 0.0778. The summed E-state index contributed by atoms with van der Waals surface area (Å²) in [6, 6.07) is 9.48. The van der Waals surface area contributed by atoms with Crippen molar-refractivity contribution in [3.05, 3.63) is 58.0 Å². The number of amides is 1. The molecule has 0 saturated carbocycles. The van der Waals surface area contributed by atoms with Gasteiger partial charge < -0.3 is 15.6 Å². The van der Waals surface area contributed by atoms with Crippen LogP contribution in [0.1, 0.15) is 0 Å². The Kier molecular flexibility index (Phi) is 3.87. The van der Waals surface area contributed by atoms with Crippen LogP contribution in [0.2, 0.25) is 5.02 Å². The zero-order chi connectivity index (χ0) is 13.8. The van der Waals surface area contributed by atoms with Crippen LogP contribution in [0.15, 0.2) is 47.4 Å². The van der Waals surface area contributed by atoms with Crippen LogP contribution >= 0.6 is 11.6 Å². The lowest BCUT2D eigenvalue weighted by Crippen LogP contribution is -2.26. The van der Waals surface area contributed by atoms with Gasteiger partial charge in [0.25, 0.3) is 5.56 Å². The van der Waals surface area contributed by atoms with Crippen LogP contribution in [0.5, 0.6) is 0 Å². The van der Waals surface area contributed by atoms with Gasteiger partial charge in [-0.05, 0) is 24.3 Å². The van der Waals surface area contributed by atoms with E-state index >= 15 is 0 Å². The maximum absolute atomic E-state index is 11.8. The number of aromatic nitrogens is 1. The Hall–Kier alpha value is -2.27. The van der Waals surface area contributed by atoms with E-state index in [0.717, 1.165) is 0 Å². The van der Waals surface area contributed by atoms with Gasteiger partial charge in [-0.25, -0.2) is 0 Å². The number of anilines is 2. The van der Waals surface area contributed by atoms with Crippen molar-refractivity contribution in [1.29, 1.82) is 0 Å². The third-order valence-corrected chi connectivity index (χ3v) is 2.74. The van der Waals surface area contributed by atoms with Gasteiger partial charge in [-0.3, -0.25) is 9.59 Å². The Labute approximate surface area is 114 Å². The molecule has 0 atom stereocenters. The summed E-state index contributed by atoms with van der Waals surface area (Å²) in [6.45, 7) is -0.0778. The van der Waals surface area contributed by atoms with Crippen molar-refractivity contribution >= 4 is 28.9 Å². The second-order valence-electron chi connectivity index (χ2n) is 3.95. The molecule has 19 heavy (non-hydrogen) atoms. The van der Waals surface area contributed by atoms with E-state index in [0.29, 0.717) is 16.4 Å². The normalized spacial score (nSPS) is 10.2. The smallest absolute Gasteiger partial charge is 0.250 e. The number of nitrogen functional groups attached to an aromatic ring is 1. The summed E-state index contributed by atoms with van der Waals surface area (Å²) in [5.74, 6) is -0.345. The van der Waals surface area contributed by atoms with E-state index < -0.39 is 0 Å². The zero-order valence-corrected chi connectivity index (χ0v) is 10.7. The number of carbonyl (C=O) groups is 1. The van der Waals surface area contributed by atoms with Crippen molar-refractivity contribution in [2.45, 2.75) is 6.54 Å². The third kappa shape index (κ3) is 3.35. The van der Waals surface area contributed by atoms with Crippen molar-refractivity contribution in [1.82, 2.24) is 4.57 Å². The largest absolute Gasteiger partial charge is 0.397 e. The maximum atomic E-state index is 11.8. The molecule has 0 bridgehead atoms. The SMILES string of the molecule is Nc1ccc(Cl)cc1NC(=O)Cn1ccccc1=O. The molecule has 2 aromatic rings. The average Bonchev–Trinajstić information content (AvgIpc) is 2.37. The van der Waals surface area contributed by atoms with Crippen molar-refractivity contribution in [3.63, 3.8) is 0 Å². The van der Waals surface area contributed by atoms with E-state index in [1.165, 1.54) is 10.6 Å². The van der Waals surface area contributed by atoms with E-state index in [4.69, 9.17) is 17.3 Å². The maximum Gasteiger partial charge on any atom is 0.250 e. The molecule has 6 heteroatoms. The monoisotopic (exact) mass is 277 g/mol. The number of nitrogens with one attached hydrogen (secondary N) is 1. The molecule has 1 heterocycles. The molecule has 0 aliphatic carbocycles. The highest BCUT2D eigenvalue weighted by Crippen LogP contribution is 2.22. The van der Waals surface area contributed by atoms with Crippen LogP contribution in [0.4, 0.5) is 11.4 Å². The van der Waals surface area contributed by atoms with Crippen molar-refractivity contribution in [3.8, 4) is 0 Å². The molecule has 98 valence electrons. The number of rotatable bonds is 3. The molecule has 0 radical (unpaired) electrons. The molecule has 0 aliphatic heterocycles. The van der Waals surface area contributed by atoms with Crippen LogP contribution in [0.25, 0.3) is 0 Å². The van der Waals surface area contributed by atoms with Crippen molar-refractivity contribution in [2.24, 2.45) is 0 Å². The quantitative estimate of drug-likeness (QED) is 0.839. The highest BCUT2D eigenvalue weighted by atomic mass is 35.5. The fraction of sp³-hybridized carbons (Fsp3) is 0.0769. The average molecular weight is 278 g/mol. The summed E-state index contributed by atoms with van der Waals surface area (Å²) in [6.07, 6.45) is 1.54. The second kappa shape index (κ2) is 5.58. The molecule has 0 saturated heterocycles. The van der Waals surface area contributed by atoms with Gasteiger partial charge in [-0.15, -0.1) is 0 Å². The van der Waals surface area contributed by atoms with Crippen LogP contribution in [-0.2, 0) is 11.3 Å². The molecule has 0 fully saturated rings. The van der Waals surface area contributed by atoms with E-state index in [2.05, 4.69) is 5.32 Å². The highest BCUT2D eigenvalue weighted by molar-refractivity contribution is 6.31. The molecule has 3 N–H and O–H groups in total. The highest BCUT2D eigenvalue weighted by Gasteiger charge is 2.07. The van der Waals surface area contributed by atoms with E-state index in [1.807, 2.05) is 0 Å². The van der Waals surface area contributed by atoms with Crippen molar-refractivity contribution in [2.75, 3.05) is 11.1 Å². The van der Waals surface area contributed by atoms with E-state index in [9.17, 15) is 9.59 Å². The lowest BCUT2D eigenvalue weighted by Gasteiger charge is -2.09. The first-order valence-electron chi connectivity index (χ1n) is 5.56. The summed E-state index contributed by atoms with van der Waals surface area (Å²) in [4.78, 5) is 23.3. The Balaban J connectivity index is 2.12. The standard InChI is InChI=1S/C13H12ClN3O2/c14-9-4-5-10(15)11(7-9)16-12(18)8-17-6-2-1-3-13(17)19/h1-7H,8,15H2,(H,16,18). The molecule has 0 unspecified atom stereocenters. The topological polar surface area (TPSA) is 77.1 Å². The molecule has 1 aromatic heterocycles. The van der Waals surface area contributed by atoms with E-state index in [-0.39, 0.29) is 18.0 Å². The number of hydrogen-bond donors (Lipinski definition) is 2.